The molecule has 6 rings (SSSR count). The fourth-order valence-corrected chi connectivity index (χ4v) is 5.91. The lowest BCUT2D eigenvalue weighted by atomic mass is 10.0. The Kier molecular flexibility index (Phi) is 8.11. The van der Waals surface area contributed by atoms with Gasteiger partial charge in [0, 0.05) is 43.7 Å². The van der Waals surface area contributed by atoms with Crippen LogP contribution in [-0.4, -0.2) is 83.0 Å². The van der Waals surface area contributed by atoms with Crippen molar-refractivity contribution in [3.05, 3.63) is 23.1 Å². The molecule has 1 saturated heterocycles. The molecule has 0 bridgehead atoms. The van der Waals surface area contributed by atoms with Gasteiger partial charge in [0.1, 0.15) is 34.4 Å². The van der Waals surface area contributed by atoms with Crippen LogP contribution in [0.1, 0.15) is 43.9 Å². The molecule has 44 heavy (non-hydrogen) atoms. The Morgan fingerprint density at radius 1 is 1.14 bits per heavy atom. The SMILES string of the molecule is Cc1nc(N)cc(-c2nc3c4c(nc(OCC5(CN6CCC(F)C6)CC5)nc4c2F)NCCNCCC(C)O3)c1C(F)(F)F. The minimum atomic E-state index is -4.87. The summed E-state index contributed by atoms with van der Waals surface area (Å²) in [6.45, 7) is 6.49. The molecule has 10 nitrogen and oxygen atoms in total. The number of nitrogens with zero attached hydrogens (tertiary/aromatic N) is 5. The number of nitrogen functional groups attached to an aromatic ring is 1. The number of anilines is 2. The summed E-state index contributed by atoms with van der Waals surface area (Å²) in [7, 11) is 0. The molecule has 3 aliphatic rings. The van der Waals surface area contributed by atoms with Crippen LogP contribution in [0.3, 0.4) is 0 Å². The number of hydrogen-bond acceptors (Lipinski definition) is 10. The van der Waals surface area contributed by atoms with Crippen LogP contribution < -0.4 is 25.8 Å². The number of ether oxygens (including phenoxy) is 2. The van der Waals surface area contributed by atoms with Crippen molar-refractivity contribution in [2.24, 2.45) is 5.41 Å². The van der Waals surface area contributed by atoms with Gasteiger partial charge >= 0.3 is 12.2 Å². The van der Waals surface area contributed by atoms with Crippen molar-refractivity contribution >= 4 is 22.5 Å². The first-order valence-corrected chi connectivity index (χ1v) is 14.8. The second-order valence-electron chi connectivity index (χ2n) is 12.0. The van der Waals surface area contributed by atoms with Crippen molar-refractivity contribution in [2.45, 2.75) is 58.0 Å². The lowest BCUT2D eigenvalue weighted by Gasteiger charge is -2.23. The maximum atomic E-state index is 16.5. The van der Waals surface area contributed by atoms with Crippen LogP contribution in [0.4, 0.5) is 33.6 Å². The van der Waals surface area contributed by atoms with Crippen LogP contribution in [0.15, 0.2) is 6.07 Å². The second-order valence-corrected chi connectivity index (χ2v) is 12.0. The van der Waals surface area contributed by atoms with Crippen LogP contribution >= 0.6 is 0 Å². The van der Waals surface area contributed by atoms with E-state index in [1.165, 1.54) is 0 Å². The fourth-order valence-electron chi connectivity index (χ4n) is 5.91. The van der Waals surface area contributed by atoms with Gasteiger partial charge in [-0.2, -0.15) is 23.1 Å². The summed E-state index contributed by atoms with van der Waals surface area (Å²) in [5, 5.41) is 6.52. The van der Waals surface area contributed by atoms with E-state index in [4.69, 9.17) is 15.2 Å². The maximum absolute atomic E-state index is 16.5. The Labute approximate surface area is 250 Å². The molecule has 0 spiro atoms. The van der Waals surface area contributed by atoms with Crippen molar-refractivity contribution < 1.29 is 31.4 Å². The van der Waals surface area contributed by atoms with Crippen LogP contribution in [0.2, 0.25) is 0 Å². The standard InChI is InChI=1S/C29H35F5N8O2/c1-15-3-7-36-8-9-37-25-20-24(40-27(41-25)43-14-28(5-6-28)13-42-10-4-17(30)12-42)22(31)23(39-26(20)44-15)18-11-19(35)38-16(2)21(18)29(32,33)34/h11,15,17,36H,3-10,12-14H2,1-2H3,(H2,35,38)(H,37,40,41). The Morgan fingerprint density at radius 3 is 2.64 bits per heavy atom. The maximum Gasteiger partial charge on any atom is 0.418 e. The first kappa shape index (κ1) is 30.4. The predicted octanol–water partition coefficient (Wildman–Crippen LogP) is 4.51. The molecule has 2 fully saturated rings. The van der Waals surface area contributed by atoms with Gasteiger partial charge in [0.2, 0.25) is 5.88 Å². The molecule has 1 saturated carbocycles. The molecule has 3 aromatic rings. The first-order valence-electron chi connectivity index (χ1n) is 14.8. The molecule has 4 N–H and O–H groups in total. The topological polar surface area (TPSA) is 123 Å². The highest BCUT2D eigenvalue weighted by atomic mass is 19.4. The number of aryl methyl sites for hydroxylation is 1. The molecular formula is C29H35F5N8O2. The monoisotopic (exact) mass is 622 g/mol. The van der Waals surface area contributed by atoms with Gasteiger partial charge in [-0.05, 0) is 52.1 Å². The Morgan fingerprint density at radius 2 is 1.93 bits per heavy atom. The smallest absolute Gasteiger partial charge is 0.418 e. The van der Waals surface area contributed by atoms with E-state index in [1.807, 2.05) is 0 Å². The summed E-state index contributed by atoms with van der Waals surface area (Å²) in [6.07, 6.45) is -3.30. The van der Waals surface area contributed by atoms with E-state index >= 15 is 4.39 Å². The molecule has 15 heteroatoms. The molecule has 2 unspecified atom stereocenters. The van der Waals surface area contributed by atoms with E-state index in [0.29, 0.717) is 52.1 Å². The van der Waals surface area contributed by atoms with E-state index in [9.17, 15) is 17.6 Å². The summed E-state index contributed by atoms with van der Waals surface area (Å²) in [5.74, 6) is -1.26. The van der Waals surface area contributed by atoms with Gasteiger partial charge in [0.05, 0.1) is 24.0 Å². The minimum absolute atomic E-state index is 0.0897. The summed E-state index contributed by atoms with van der Waals surface area (Å²) in [4.78, 5) is 19.0. The number of aromatic nitrogens is 4. The van der Waals surface area contributed by atoms with Gasteiger partial charge in [0.25, 0.3) is 0 Å². The highest BCUT2D eigenvalue weighted by Gasteiger charge is 2.46. The second kappa shape index (κ2) is 11.7. The normalized spacial score (nSPS) is 22.2. The number of nitrogens with one attached hydrogen (secondary N) is 2. The quantitative estimate of drug-likeness (QED) is 0.339. The van der Waals surface area contributed by atoms with Crippen molar-refractivity contribution in [1.82, 2.24) is 30.2 Å². The fraction of sp³-hybridized carbons (Fsp3) is 0.586. The third-order valence-electron chi connectivity index (χ3n) is 8.36. The van der Waals surface area contributed by atoms with Gasteiger partial charge < -0.3 is 25.8 Å². The summed E-state index contributed by atoms with van der Waals surface area (Å²) < 4.78 is 85.2. The highest BCUT2D eigenvalue weighted by Crippen LogP contribution is 2.47. The van der Waals surface area contributed by atoms with Crippen LogP contribution in [-0.2, 0) is 6.18 Å². The van der Waals surface area contributed by atoms with Crippen LogP contribution in [0.25, 0.3) is 22.2 Å². The zero-order chi connectivity index (χ0) is 31.2. The molecular weight excluding hydrogens is 587 g/mol. The third kappa shape index (κ3) is 6.29. The number of hydrogen-bond donors (Lipinski definition) is 3. The zero-order valence-corrected chi connectivity index (χ0v) is 24.5. The van der Waals surface area contributed by atoms with Crippen molar-refractivity contribution in [3.8, 4) is 23.1 Å². The molecule has 3 aromatic heterocycles. The Balaban J connectivity index is 1.46. The van der Waals surface area contributed by atoms with Gasteiger partial charge in [-0.15, -0.1) is 0 Å². The molecule has 2 aliphatic heterocycles. The van der Waals surface area contributed by atoms with Crippen LogP contribution in [0.5, 0.6) is 11.9 Å². The molecule has 2 atom stereocenters. The van der Waals surface area contributed by atoms with Crippen molar-refractivity contribution in [3.63, 3.8) is 0 Å². The van der Waals surface area contributed by atoms with E-state index in [-0.39, 0.29) is 46.5 Å². The van der Waals surface area contributed by atoms with E-state index in [2.05, 4.69) is 35.5 Å². The summed E-state index contributed by atoms with van der Waals surface area (Å²) in [6, 6.07) is 0.809. The lowest BCUT2D eigenvalue weighted by molar-refractivity contribution is -0.137. The number of rotatable bonds is 6. The van der Waals surface area contributed by atoms with Crippen molar-refractivity contribution in [2.75, 3.05) is 56.9 Å². The Bertz CT molecular complexity index is 1550. The van der Waals surface area contributed by atoms with E-state index < -0.39 is 46.8 Å². The summed E-state index contributed by atoms with van der Waals surface area (Å²) >= 11 is 0. The summed E-state index contributed by atoms with van der Waals surface area (Å²) in [5.41, 5.74) is 2.56. The Hall–Kier alpha value is -3.59. The minimum Gasteiger partial charge on any atom is -0.474 e. The molecule has 0 amide bonds. The molecule has 0 aromatic carbocycles. The van der Waals surface area contributed by atoms with Crippen molar-refractivity contribution in [1.29, 1.82) is 0 Å². The molecule has 1 aliphatic carbocycles. The number of likely N-dealkylation sites (tertiary alicyclic amines) is 1. The van der Waals surface area contributed by atoms with E-state index in [1.54, 1.807) is 6.92 Å². The van der Waals surface area contributed by atoms with Gasteiger partial charge in [0.15, 0.2) is 5.82 Å². The van der Waals surface area contributed by atoms with Crippen LogP contribution in [0, 0.1) is 18.2 Å². The number of halogens is 5. The number of alkyl halides is 4. The predicted molar refractivity (Wildman–Crippen MR) is 154 cm³/mol. The molecule has 5 heterocycles. The highest BCUT2D eigenvalue weighted by molar-refractivity contribution is 5.96. The number of nitrogens with two attached hydrogens (primary N) is 1. The first-order chi connectivity index (χ1) is 20.9. The van der Waals surface area contributed by atoms with E-state index in [0.717, 1.165) is 25.8 Å². The van der Waals surface area contributed by atoms with Gasteiger partial charge in [-0.25, -0.2) is 18.7 Å². The third-order valence-corrected chi connectivity index (χ3v) is 8.36. The average molecular weight is 623 g/mol. The lowest BCUT2D eigenvalue weighted by Crippen LogP contribution is -2.32. The zero-order valence-electron chi connectivity index (χ0n) is 24.5. The van der Waals surface area contributed by atoms with Gasteiger partial charge in [-0.3, -0.25) is 4.90 Å². The largest absolute Gasteiger partial charge is 0.474 e. The molecule has 238 valence electrons. The average Bonchev–Trinajstić information content (AvgIpc) is 3.60. The molecule has 0 radical (unpaired) electrons. The number of pyridine rings is 2. The van der Waals surface area contributed by atoms with Gasteiger partial charge in [-0.1, -0.05) is 0 Å².